The number of hydrogen-bond donors (Lipinski definition) is 1. The normalized spacial score (nSPS) is 9.88. The third-order valence-electron chi connectivity index (χ3n) is 2.44. The minimum Gasteiger partial charge on any atom is -0.497 e. The summed E-state index contributed by atoms with van der Waals surface area (Å²) in [6.45, 7) is 0. The summed E-state index contributed by atoms with van der Waals surface area (Å²) < 4.78 is 5.13. The number of ether oxygens (including phenoxy) is 1. The van der Waals surface area contributed by atoms with Crippen molar-refractivity contribution in [1.82, 2.24) is 4.98 Å². The van der Waals surface area contributed by atoms with Crippen molar-refractivity contribution >= 4 is 5.82 Å². The van der Waals surface area contributed by atoms with Crippen LogP contribution >= 0.6 is 0 Å². The van der Waals surface area contributed by atoms with Gasteiger partial charge in [-0.3, -0.25) is 0 Å². The van der Waals surface area contributed by atoms with Crippen LogP contribution in [-0.4, -0.2) is 19.1 Å². The molecule has 0 fully saturated rings. The molecule has 2 aromatic rings. The van der Waals surface area contributed by atoms with E-state index in [9.17, 15) is 0 Å². The summed E-state index contributed by atoms with van der Waals surface area (Å²) in [4.78, 5) is 4.18. The first-order valence-electron chi connectivity index (χ1n) is 5.11. The Kier molecular flexibility index (Phi) is 3.05. The summed E-state index contributed by atoms with van der Waals surface area (Å²) in [6.07, 6.45) is 1.80. The molecule has 0 saturated carbocycles. The minimum atomic E-state index is 0.867. The summed E-state index contributed by atoms with van der Waals surface area (Å²) >= 11 is 0. The van der Waals surface area contributed by atoms with E-state index in [4.69, 9.17) is 4.74 Å². The maximum atomic E-state index is 5.13. The average Bonchev–Trinajstić information content (AvgIpc) is 2.39. The zero-order valence-electron chi connectivity index (χ0n) is 9.40. The highest BCUT2D eigenvalue weighted by Crippen LogP contribution is 2.23. The first-order valence-corrected chi connectivity index (χ1v) is 5.11. The van der Waals surface area contributed by atoms with Gasteiger partial charge in [-0.15, -0.1) is 0 Å². The Labute approximate surface area is 95.1 Å². The number of aromatic nitrogens is 1. The highest BCUT2D eigenvalue weighted by Gasteiger charge is 1.99. The fourth-order valence-electron chi connectivity index (χ4n) is 1.53. The lowest BCUT2D eigenvalue weighted by Gasteiger charge is -2.05. The SMILES string of the molecule is CNc1cc(-c2ccc(OC)cc2)ccn1. The summed E-state index contributed by atoms with van der Waals surface area (Å²) in [5, 5.41) is 3.02. The lowest BCUT2D eigenvalue weighted by Crippen LogP contribution is -1.91. The number of nitrogens with one attached hydrogen (secondary N) is 1. The van der Waals surface area contributed by atoms with E-state index in [2.05, 4.69) is 10.3 Å². The summed E-state index contributed by atoms with van der Waals surface area (Å²) in [5.74, 6) is 1.74. The van der Waals surface area contributed by atoms with Crippen molar-refractivity contribution in [2.24, 2.45) is 0 Å². The third-order valence-corrected chi connectivity index (χ3v) is 2.44. The highest BCUT2D eigenvalue weighted by molar-refractivity contribution is 5.66. The van der Waals surface area contributed by atoms with Crippen LogP contribution in [0.15, 0.2) is 42.6 Å². The Morgan fingerprint density at radius 1 is 1.06 bits per heavy atom. The lowest BCUT2D eigenvalue weighted by molar-refractivity contribution is 0.415. The van der Waals surface area contributed by atoms with Gasteiger partial charge in [0, 0.05) is 13.2 Å². The molecule has 2 rings (SSSR count). The highest BCUT2D eigenvalue weighted by atomic mass is 16.5. The van der Waals surface area contributed by atoms with Gasteiger partial charge in [-0.1, -0.05) is 12.1 Å². The van der Waals surface area contributed by atoms with Crippen LogP contribution in [0.2, 0.25) is 0 Å². The van der Waals surface area contributed by atoms with E-state index in [1.807, 2.05) is 43.4 Å². The number of anilines is 1. The van der Waals surface area contributed by atoms with E-state index >= 15 is 0 Å². The van der Waals surface area contributed by atoms with Crippen LogP contribution < -0.4 is 10.1 Å². The summed E-state index contributed by atoms with van der Waals surface area (Å²) in [7, 11) is 3.53. The number of nitrogens with zero attached hydrogens (tertiary/aromatic N) is 1. The molecule has 1 heterocycles. The molecule has 0 bridgehead atoms. The van der Waals surface area contributed by atoms with Crippen molar-refractivity contribution in [3.63, 3.8) is 0 Å². The number of rotatable bonds is 3. The van der Waals surface area contributed by atoms with Crippen LogP contribution in [0.3, 0.4) is 0 Å². The zero-order chi connectivity index (χ0) is 11.4. The maximum Gasteiger partial charge on any atom is 0.126 e. The second-order valence-corrected chi connectivity index (χ2v) is 3.41. The second-order valence-electron chi connectivity index (χ2n) is 3.41. The molecule has 0 aliphatic heterocycles. The summed E-state index contributed by atoms with van der Waals surface area (Å²) in [5.41, 5.74) is 2.29. The average molecular weight is 214 g/mol. The number of pyridine rings is 1. The lowest BCUT2D eigenvalue weighted by atomic mass is 10.1. The molecule has 0 atom stereocenters. The molecular weight excluding hydrogens is 200 g/mol. The fourth-order valence-corrected chi connectivity index (χ4v) is 1.53. The Bertz CT molecular complexity index is 466. The Morgan fingerprint density at radius 2 is 1.81 bits per heavy atom. The van der Waals surface area contributed by atoms with Crippen LogP contribution in [0.4, 0.5) is 5.82 Å². The van der Waals surface area contributed by atoms with Crippen molar-refractivity contribution in [3.8, 4) is 16.9 Å². The molecule has 0 saturated heterocycles. The monoisotopic (exact) mass is 214 g/mol. The van der Waals surface area contributed by atoms with E-state index in [1.165, 1.54) is 0 Å². The van der Waals surface area contributed by atoms with Crippen molar-refractivity contribution in [3.05, 3.63) is 42.6 Å². The smallest absolute Gasteiger partial charge is 0.126 e. The molecule has 3 heteroatoms. The first kappa shape index (κ1) is 10.5. The molecule has 1 aromatic carbocycles. The van der Waals surface area contributed by atoms with E-state index < -0.39 is 0 Å². The molecule has 1 N–H and O–H groups in total. The Morgan fingerprint density at radius 3 is 2.44 bits per heavy atom. The van der Waals surface area contributed by atoms with E-state index in [0.717, 1.165) is 22.7 Å². The molecule has 16 heavy (non-hydrogen) atoms. The molecular formula is C13H14N2O. The van der Waals surface area contributed by atoms with Gasteiger partial charge in [0.05, 0.1) is 7.11 Å². The maximum absolute atomic E-state index is 5.13. The van der Waals surface area contributed by atoms with Gasteiger partial charge in [-0.25, -0.2) is 4.98 Å². The Hall–Kier alpha value is -2.03. The summed E-state index contributed by atoms with van der Waals surface area (Å²) in [6, 6.07) is 12.0. The number of hydrogen-bond acceptors (Lipinski definition) is 3. The van der Waals surface area contributed by atoms with Crippen LogP contribution in [0, 0.1) is 0 Å². The molecule has 0 unspecified atom stereocenters. The molecule has 0 radical (unpaired) electrons. The quantitative estimate of drug-likeness (QED) is 0.853. The fraction of sp³-hybridized carbons (Fsp3) is 0.154. The van der Waals surface area contributed by atoms with Crippen molar-refractivity contribution in [2.75, 3.05) is 19.5 Å². The van der Waals surface area contributed by atoms with Gasteiger partial charge in [-0.05, 0) is 35.4 Å². The zero-order valence-corrected chi connectivity index (χ0v) is 9.40. The van der Waals surface area contributed by atoms with Gasteiger partial charge in [0.25, 0.3) is 0 Å². The molecule has 82 valence electrons. The van der Waals surface area contributed by atoms with E-state index in [-0.39, 0.29) is 0 Å². The number of methoxy groups -OCH3 is 1. The molecule has 0 aliphatic carbocycles. The van der Waals surface area contributed by atoms with Gasteiger partial charge in [0.15, 0.2) is 0 Å². The van der Waals surface area contributed by atoms with Crippen LogP contribution in [0.25, 0.3) is 11.1 Å². The predicted molar refractivity (Wildman–Crippen MR) is 65.8 cm³/mol. The minimum absolute atomic E-state index is 0.867. The van der Waals surface area contributed by atoms with Crippen LogP contribution in [-0.2, 0) is 0 Å². The molecule has 0 amide bonds. The van der Waals surface area contributed by atoms with Gasteiger partial charge < -0.3 is 10.1 Å². The van der Waals surface area contributed by atoms with Gasteiger partial charge in [-0.2, -0.15) is 0 Å². The molecule has 1 aromatic heterocycles. The molecule has 0 aliphatic rings. The van der Waals surface area contributed by atoms with E-state index in [0.29, 0.717) is 0 Å². The second kappa shape index (κ2) is 4.66. The van der Waals surface area contributed by atoms with Gasteiger partial charge in [0.2, 0.25) is 0 Å². The molecule has 0 spiro atoms. The van der Waals surface area contributed by atoms with Crippen LogP contribution in [0.5, 0.6) is 5.75 Å². The third kappa shape index (κ3) is 2.14. The predicted octanol–water partition coefficient (Wildman–Crippen LogP) is 2.80. The van der Waals surface area contributed by atoms with Gasteiger partial charge >= 0.3 is 0 Å². The van der Waals surface area contributed by atoms with Crippen LogP contribution in [0.1, 0.15) is 0 Å². The van der Waals surface area contributed by atoms with Crippen molar-refractivity contribution in [1.29, 1.82) is 0 Å². The Balaban J connectivity index is 2.34. The first-order chi connectivity index (χ1) is 7.83. The molecule has 3 nitrogen and oxygen atoms in total. The topological polar surface area (TPSA) is 34.1 Å². The largest absolute Gasteiger partial charge is 0.497 e. The van der Waals surface area contributed by atoms with Gasteiger partial charge in [0.1, 0.15) is 11.6 Å². The van der Waals surface area contributed by atoms with E-state index in [1.54, 1.807) is 13.3 Å². The van der Waals surface area contributed by atoms with Crippen molar-refractivity contribution in [2.45, 2.75) is 0 Å². The standard InChI is InChI=1S/C13H14N2O/c1-14-13-9-11(7-8-15-13)10-3-5-12(16-2)6-4-10/h3-9H,1-2H3,(H,14,15). The number of benzene rings is 1. The van der Waals surface area contributed by atoms with Crippen molar-refractivity contribution < 1.29 is 4.74 Å².